The van der Waals surface area contributed by atoms with Crippen molar-refractivity contribution >= 4 is 10.9 Å². The number of hydrogen-bond donors (Lipinski definition) is 1. The van der Waals surface area contributed by atoms with Gasteiger partial charge in [0.2, 0.25) is 0 Å². The highest BCUT2D eigenvalue weighted by molar-refractivity contribution is 5.97. The molecule has 5 heteroatoms. The molecule has 25 heavy (non-hydrogen) atoms. The number of aromatic nitrogens is 4. The van der Waals surface area contributed by atoms with E-state index in [0.717, 1.165) is 46.4 Å². The second-order valence-corrected chi connectivity index (χ2v) is 5.89. The summed E-state index contributed by atoms with van der Waals surface area (Å²) < 4.78 is 1.96. The fourth-order valence-electron chi connectivity index (χ4n) is 3.01. The summed E-state index contributed by atoms with van der Waals surface area (Å²) in [5.41, 5.74) is 10.6. The lowest BCUT2D eigenvalue weighted by Crippen LogP contribution is -2.06. The first kappa shape index (κ1) is 15.5. The summed E-state index contributed by atoms with van der Waals surface area (Å²) in [5.74, 6) is 0. The van der Waals surface area contributed by atoms with Crippen LogP contribution in [-0.2, 0) is 6.54 Å². The van der Waals surface area contributed by atoms with Gasteiger partial charge < -0.3 is 5.73 Å². The SMILES string of the molecule is NCCCn1cc(-c2ccnc3ccccc23)c(-c2ccccn2)n1. The van der Waals surface area contributed by atoms with Gasteiger partial charge >= 0.3 is 0 Å². The molecule has 5 nitrogen and oxygen atoms in total. The van der Waals surface area contributed by atoms with E-state index in [9.17, 15) is 0 Å². The van der Waals surface area contributed by atoms with E-state index in [2.05, 4.69) is 22.2 Å². The van der Waals surface area contributed by atoms with Crippen LogP contribution in [0.3, 0.4) is 0 Å². The summed E-state index contributed by atoms with van der Waals surface area (Å²) in [7, 11) is 0. The topological polar surface area (TPSA) is 69.6 Å². The van der Waals surface area contributed by atoms with Crippen molar-refractivity contribution in [2.45, 2.75) is 13.0 Å². The van der Waals surface area contributed by atoms with Crippen LogP contribution in [0.1, 0.15) is 6.42 Å². The number of aryl methyl sites for hydroxylation is 1. The molecule has 0 unspecified atom stereocenters. The van der Waals surface area contributed by atoms with Crippen LogP contribution in [-0.4, -0.2) is 26.3 Å². The average molecular weight is 329 g/mol. The summed E-state index contributed by atoms with van der Waals surface area (Å²) >= 11 is 0. The summed E-state index contributed by atoms with van der Waals surface area (Å²) in [5, 5.41) is 5.89. The molecule has 3 aromatic heterocycles. The molecule has 0 aliphatic carbocycles. The largest absolute Gasteiger partial charge is 0.330 e. The van der Waals surface area contributed by atoms with Crippen molar-refractivity contribution < 1.29 is 0 Å². The Bertz CT molecular complexity index is 986. The van der Waals surface area contributed by atoms with Gasteiger partial charge in [-0.1, -0.05) is 24.3 Å². The first-order valence-corrected chi connectivity index (χ1v) is 8.40. The molecule has 0 radical (unpaired) electrons. The highest BCUT2D eigenvalue weighted by Gasteiger charge is 2.16. The van der Waals surface area contributed by atoms with Gasteiger partial charge in [-0.15, -0.1) is 0 Å². The van der Waals surface area contributed by atoms with Crippen molar-refractivity contribution in [3.8, 4) is 22.5 Å². The molecule has 2 N–H and O–H groups in total. The minimum absolute atomic E-state index is 0.645. The molecule has 0 saturated carbocycles. The number of pyridine rings is 2. The van der Waals surface area contributed by atoms with Crippen molar-refractivity contribution in [3.05, 3.63) is 67.1 Å². The number of nitrogens with zero attached hydrogens (tertiary/aromatic N) is 4. The van der Waals surface area contributed by atoms with Gasteiger partial charge in [0.05, 0.1) is 11.2 Å². The molecule has 0 amide bonds. The van der Waals surface area contributed by atoms with Crippen LogP contribution in [0.15, 0.2) is 67.1 Å². The molecule has 0 bridgehead atoms. The standard InChI is InChI=1S/C20H19N5/c21-10-5-13-25-14-17(20(24-25)19-8-3-4-11-22-19)15-9-12-23-18-7-2-1-6-16(15)18/h1-4,6-9,11-12,14H,5,10,13,21H2. The molecule has 1 aromatic carbocycles. The zero-order chi connectivity index (χ0) is 17.1. The molecular formula is C20H19N5. The van der Waals surface area contributed by atoms with Gasteiger partial charge in [-0.2, -0.15) is 5.10 Å². The molecule has 124 valence electrons. The number of hydrogen-bond acceptors (Lipinski definition) is 4. The van der Waals surface area contributed by atoms with Gasteiger partial charge in [0.1, 0.15) is 5.69 Å². The highest BCUT2D eigenvalue weighted by atomic mass is 15.3. The predicted octanol–water partition coefficient (Wildman–Crippen LogP) is 3.51. The maximum atomic E-state index is 5.66. The number of rotatable bonds is 5. The molecule has 0 fully saturated rings. The molecule has 4 aromatic rings. The Hall–Kier alpha value is -3.05. The van der Waals surface area contributed by atoms with Gasteiger partial charge in [0.15, 0.2) is 0 Å². The number of benzene rings is 1. The number of para-hydroxylation sites is 1. The predicted molar refractivity (Wildman–Crippen MR) is 99.9 cm³/mol. The third-order valence-corrected chi connectivity index (χ3v) is 4.20. The lowest BCUT2D eigenvalue weighted by molar-refractivity contribution is 0.586. The monoisotopic (exact) mass is 329 g/mol. The van der Waals surface area contributed by atoms with E-state index in [0.29, 0.717) is 6.54 Å². The smallest absolute Gasteiger partial charge is 0.119 e. The molecular weight excluding hydrogens is 310 g/mol. The number of fused-ring (bicyclic) bond motifs is 1. The zero-order valence-electron chi connectivity index (χ0n) is 13.8. The summed E-state index contributed by atoms with van der Waals surface area (Å²) in [6.07, 6.45) is 6.61. The average Bonchev–Trinajstić information content (AvgIpc) is 3.10. The van der Waals surface area contributed by atoms with Crippen LogP contribution >= 0.6 is 0 Å². The second-order valence-electron chi connectivity index (χ2n) is 5.89. The van der Waals surface area contributed by atoms with Gasteiger partial charge in [-0.3, -0.25) is 14.6 Å². The van der Waals surface area contributed by atoms with Crippen LogP contribution in [0.2, 0.25) is 0 Å². The Morgan fingerprint density at radius 1 is 0.880 bits per heavy atom. The minimum atomic E-state index is 0.645. The molecule has 0 aliphatic rings. The van der Waals surface area contributed by atoms with E-state index in [1.54, 1.807) is 6.20 Å². The van der Waals surface area contributed by atoms with Crippen molar-refractivity contribution in [1.29, 1.82) is 0 Å². The first-order valence-electron chi connectivity index (χ1n) is 8.40. The van der Waals surface area contributed by atoms with Crippen molar-refractivity contribution in [2.75, 3.05) is 6.54 Å². The molecule has 3 heterocycles. The Morgan fingerprint density at radius 3 is 2.60 bits per heavy atom. The Kier molecular flexibility index (Phi) is 4.23. The fraction of sp³-hybridized carbons (Fsp3) is 0.150. The maximum Gasteiger partial charge on any atom is 0.119 e. The third kappa shape index (κ3) is 3.02. The molecule has 0 atom stereocenters. The molecule has 4 rings (SSSR count). The van der Waals surface area contributed by atoms with E-state index in [1.165, 1.54) is 0 Å². The van der Waals surface area contributed by atoms with E-state index in [4.69, 9.17) is 10.8 Å². The second kappa shape index (κ2) is 6.83. The van der Waals surface area contributed by atoms with E-state index < -0.39 is 0 Å². The van der Waals surface area contributed by atoms with Gasteiger partial charge in [0.25, 0.3) is 0 Å². The van der Waals surface area contributed by atoms with E-state index in [-0.39, 0.29) is 0 Å². The van der Waals surface area contributed by atoms with Crippen LogP contribution in [0, 0.1) is 0 Å². The summed E-state index contributed by atoms with van der Waals surface area (Å²) in [4.78, 5) is 8.96. The summed E-state index contributed by atoms with van der Waals surface area (Å²) in [6.45, 7) is 1.44. The third-order valence-electron chi connectivity index (χ3n) is 4.20. The lowest BCUT2D eigenvalue weighted by atomic mass is 10.0. The Balaban J connectivity index is 1.92. The lowest BCUT2D eigenvalue weighted by Gasteiger charge is -2.06. The van der Waals surface area contributed by atoms with Crippen molar-refractivity contribution in [1.82, 2.24) is 19.7 Å². The maximum absolute atomic E-state index is 5.66. The van der Waals surface area contributed by atoms with Crippen LogP contribution in [0.5, 0.6) is 0 Å². The highest BCUT2D eigenvalue weighted by Crippen LogP contribution is 2.34. The zero-order valence-corrected chi connectivity index (χ0v) is 13.8. The first-order chi connectivity index (χ1) is 12.4. The number of nitrogens with two attached hydrogens (primary N) is 1. The Labute approximate surface area is 146 Å². The quantitative estimate of drug-likeness (QED) is 0.608. The molecule has 0 spiro atoms. The van der Waals surface area contributed by atoms with Crippen LogP contribution < -0.4 is 5.73 Å². The van der Waals surface area contributed by atoms with Gasteiger partial charge in [0, 0.05) is 36.1 Å². The van der Waals surface area contributed by atoms with Gasteiger partial charge in [-0.25, -0.2) is 0 Å². The minimum Gasteiger partial charge on any atom is -0.330 e. The summed E-state index contributed by atoms with van der Waals surface area (Å²) in [6, 6.07) is 16.1. The van der Waals surface area contributed by atoms with Crippen molar-refractivity contribution in [3.63, 3.8) is 0 Å². The van der Waals surface area contributed by atoms with Crippen LogP contribution in [0.4, 0.5) is 0 Å². The van der Waals surface area contributed by atoms with Crippen molar-refractivity contribution in [2.24, 2.45) is 5.73 Å². The fourth-order valence-corrected chi connectivity index (χ4v) is 3.01. The van der Waals surface area contributed by atoms with Crippen LogP contribution in [0.25, 0.3) is 33.4 Å². The Morgan fingerprint density at radius 2 is 1.76 bits per heavy atom. The van der Waals surface area contributed by atoms with E-state index in [1.807, 2.05) is 53.3 Å². The van der Waals surface area contributed by atoms with Gasteiger partial charge in [-0.05, 0) is 42.8 Å². The molecule has 0 aliphatic heterocycles. The normalized spacial score (nSPS) is 11.1. The molecule has 0 saturated heterocycles. The van der Waals surface area contributed by atoms with E-state index >= 15 is 0 Å².